The number of carbonyl (C=O) groups excluding carboxylic acids is 1. The van der Waals surface area contributed by atoms with Crippen molar-refractivity contribution in [3.63, 3.8) is 0 Å². The minimum absolute atomic E-state index is 0.128. The predicted octanol–water partition coefficient (Wildman–Crippen LogP) is 5.09. The summed E-state index contributed by atoms with van der Waals surface area (Å²) in [5.41, 5.74) is 0.128. The van der Waals surface area contributed by atoms with Crippen LogP contribution < -0.4 is 4.74 Å². The van der Waals surface area contributed by atoms with Gasteiger partial charge in [-0.15, -0.1) is 0 Å². The molecule has 0 aromatic heterocycles. The fourth-order valence-corrected chi connectivity index (χ4v) is 2.61. The van der Waals surface area contributed by atoms with Gasteiger partial charge in [-0.2, -0.15) is 0 Å². The molecule has 0 saturated heterocycles. The van der Waals surface area contributed by atoms with Gasteiger partial charge in [-0.05, 0) is 32.6 Å². The molecule has 0 aliphatic heterocycles. The fraction of sp³-hybridized carbons (Fsp3) is 0.650. The molecule has 0 spiro atoms. The second-order valence-electron chi connectivity index (χ2n) is 6.63. The maximum absolute atomic E-state index is 14.0. The molecule has 0 fully saturated rings. The number of hydrogen-bond donors (Lipinski definition) is 0. The van der Waals surface area contributed by atoms with Gasteiger partial charge >= 0.3 is 0 Å². The summed E-state index contributed by atoms with van der Waals surface area (Å²) in [4.78, 5) is 13.6. The Morgan fingerprint density at radius 1 is 1.04 bits per heavy atom. The van der Waals surface area contributed by atoms with Crippen molar-refractivity contribution >= 4 is 5.78 Å². The van der Waals surface area contributed by atoms with Gasteiger partial charge in [0.15, 0.2) is 5.78 Å². The Bertz CT molecular complexity index is 489. The van der Waals surface area contributed by atoms with E-state index in [9.17, 15) is 9.18 Å². The molecule has 0 radical (unpaired) electrons. The Morgan fingerprint density at radius 3 is 2.25 bits per heavy atom. The first kappa shape index (κ1) is 20.6. The molecular weight excluding hydrogens is 305 g/mol. The van der Waals surface area contributed by atoms with Crippen molar-refractivity contribution in [2.75, 3.05) is 27.2 Å². The van der Waals surface area contributed by atoms with E-state index in [4.69, 9.17) is 4.74 Å². The Hall–Kier alpha value is -1.42. The number of halogens is 1. The van der Waals surface area contributed by atoms with Gasteiger partial charge in [-0.1, -0.05) is 51.9 Å². The summed E-state index contributed by atoms with van der Waals surface area (Å²) in [6, 6.07) is 4.51. The minimum atomic E-state index is -0.504. The van der Waals surface area contributed by atoms with Crippen LogP contribution in [0, 0.1) is 5.82 Å². The molecular formula is C20H32FNO2. The topological polar surface area (TPSA) is 29.5 Å². The van der Waals surface area contributed by atoms with Gasteiger partial charge in [-0.25, -0.2) is 4.39 Å². The maximum Gasteiger partial charge on any atom is 0.179 e. The SMILES string of the molecule is CCCCCCCCCCOc1ccc(C(=O)CN(C)C)c(F)c1. The van der Waals surface area contributed by atoms with E-state index in [1.54, 1.807) is 25.1 Å². The quantitative estimate of drug-likeness (QED) is 0.371. The third kappa shape index (κ3) is 8.44. The highest BCUT2D eigenvalue weighted by Gasteiger charge is 2.13. The molecule has 0 aliphatic carbocycles. The number of unbranched alkanes of at least 4 members (excludes halogenated alkanes) is 7. The highest BCUT2D eigenvalue weighted by Crippen LogP contribution is 2.18. The molecule has 1 aromatic carbocycles. The second kappa shape index (κ2) is 12.0. The summed E-state index contributed by atoms with van der Waals surface area (Å²) in [5, 5.41) is 0. The molecule has 1 rings (SSSR count). The van der Waals surface area contributed by atoms with Gasteiger partial charge in [0.1, 0.15) is 11.6 Å². The number of benzene rings is 1. The van der Waals surface area contributed by atoms with E-state index in [-0.39, 0.29) is 17.9 Å². The van der Waals surface area contributed by atoms with Crippen LogP contribution in [-0.2, 0) is 0 Å². The summed E-state index contributed by atoms with van der Waals surface area (Å²) in [6.07, 6.45) is 9.93. The molecule has 136 valence electrons. The fourth-order valence-electron chi connectivity index (χ4n) is 2.61. The van der Waals surface area contributed by atoms with E-state index in [0.29, 0.717) is 12.4 Å². The lowest BCUT2D eigenvalue weighted by atomic mass is 10.1. The van der Waals surface area contributed by atoms with Crippen LogP contribution in [0.2, 0.25) is 0 Å². The number of hydrogen-bond acceptors (Lipinski definition) is 3. The number of likely N-dealkylation sites (N-methyl/N-ethyl adjacent to an activating group) is 1. The van der Waals surface area contributed by atoms with Gasteiger partial charge in [0.05, 0.1) is 18.7 Å². The van der Waals surface area contributed by atoms with Crippen LogP contribution in [0.1, 0.15) is 68.6 Å². The second-order valence-corrected chi connectivity index (χ2v) is 6.63. The van der Waals surface area contributed by atoms with Crippen LogP contribution in [0.25, 0.3) is 0 Å². The number of ether oxygens (including phenoxy) is 1. The first-order chi connectivity index (χ1) is 11.5. The summed E-state index contributed by atoms with van der Waals surface area (Å²) < 4.78 is 19.6. The number of rotatable bonds is 13. The average molecular weight is 337 g/mol. The highest BCUT2D eigenvalue weighted by molar-refractivity contribution is 5.97. The monoisotopic (exact) mass is 337 g/mol. The van der Waals surface area contributed by atoms with E-state index in [2.05, 4.69) is 6.92 Å². The van der Waals surface area contributed by atoms with E-state index < -0.39 is 5.82 Å². The number of nitrogens with zero attached hydrogens (tertiary/aromatic N) is 1. The Kier molecular flexibility index (Phi) is 10.3. The van der Waals surface area contributed by atoms with Crippen LogP contribution in [0.15, 0.2) is 18.2 Å². The molecule has 1 aromatic rings. The normalized spacial score (nSPS) is 11.0. The predicted molar refractivity (Wildman–Crippen MR) is 97.4 cm³/mol. The zero-order chi connectivity index (χ0) is 17.8. The average Bonchev–Trinajstić information content (AvgIpc) is 2.52. The standard InChI is InChI=1S/C20H32FNO2/c1-4-5-6-7-8-9-10-11-14-24-17-12-13-18(19(21)15-17)20(23)16-22(2)3/h12-13,15H,4-11,14,16H2,1-3H3. The molecule has 24 heavy (non-hydrogen) atoms. The van der Waals surface area contributed by atoms with E-state index >= 15 is 0 Å². The third-order valence-electron chi connectivity index (χ3n) is 3.97. The van der Waals surface area contributed by atoms with Gasteiger partial charge < -0.3 is 9.64 Å². The van der Waals surface area contributed by atoms with Gasteiger partial charge in [0, 0.05) is 6.07 Å². The molecule has 4 heteroatoms. The van der Waals surface area contributed by atoms with Gasteiger partial charge in [0.25, 0.3) is 0 Å². The lowest BCUT2D eigenvalue weighted by Crippen LogP contribution is -2.22. The van der Waals surface area contributed by atoms with Gasteiger partial charge in [0.2, 0.25) is 0 Å². The van der Waals surface area contributed by atoms with Crippen molar-refractivity contribution < 1.29 is 13.9 Å². The summed E-state index contributed by atoms with van der Waals surface area (Å²) >= 11 is 0. The first-order valence-corrected chi connectivity index (χ1v) is 9.15. The molecule has 0 heterocycles. The smallest absolute Gasteiger partial charge is 0.179 e. The number of Topliss-reactive ketones (excluding diaryl/α,β-unsaturated/α-hetero) is 1. The Labute approximate surface area is 146 Å². The molecule has 0 atom stereocenters. The van der Waals surface area contributed by atoms with Crippen LogP contribution in [0.4, 0.5) is 4.39 Å². The van der Waals surface area contributed by atoms with E-state index in [1.165, 1.54) is 50.7 Å². The van der Waals surface area contributed by atoms with Gasteiger partial charge in [-0.3, -0.25) is 4.79 Å². The highest BCUT2D eigenvalue weighted by atomic mass is 19.1. The lowest BCUT2D eigenvalue weighted by Gasteiger charge is -2.10. The molecule has 0 N–H and O–H groups in total. The number of carbonyl (C=O) groups is 1. The zero-order valence-electron chi connectivity index (χ0n) is 15.4. The maximum atomic E-state index is 14.0. The molecule has 3 nitrogen and oxygen atoms in total. The molecule has 0 saturated carbocycles. The van der Waals surface area contributed by atoms with E-state index in [0.717, 1.165) is 12.8 Å². The Balaban J connectivity index is 2.24. The minimum Gasteiger partial charge on any atom is -0.493 e. The van der Waals surface area contributed by atoms with Crippen LogP contribution in [-0.4, -0.2) is 37.9 Å². The van der Waals surface area contributed by atoms with Crippen molar-refractivity contribution in [2.45, 2.75) is 58.3 Å². The summed E-state index contributed by atoms with van der Waals surface area (Å²) in [6.45, 7) is 3.03. The van der Waals surface area contributed by atoms with Crippen LogP contribution >= 0.6 is 0 Å². The van der Waals surface area contributed by atoms with Crippen molar-refractivity contribution in [3.05, 3.63) is 29.6 Å². The molecule has 0 unspecified atom stereocenters. The third-order valence-corrected chi connectivity index (χ3v) is 3.97. The Morgan fingerprint density at radius 2 is 1.67 bits per heavy atom. The first-order valence-electron chi connectivity index (χ1n) is 9.15. The molecule has 0 amide bonds. The van der Waals surface area contributed by atoms with Crippen molar-refractivity contribution in [2.24, 2.45) is 0 Å². The summed E-state index contributed by atoms with van der Waals surface area (Å²) in [7, 11) is 3.58. The molecule has 0 bridgehead atoms. The van der Waals surface area contributed by atoms with E-state index in [1.807, 2.05) is 0 Å². The van der Waals surface area contributed by atoms with Crippen molar-refractivity contribution in [3.8, 4) is 5.75 Å². The van der Waals surface area contributed by atoms with Crippen molar-refractivity contribution in [1.82, 2.24) is 4.90 Å². The molecule has 0 aliphatic rings. The largest absolute Gasteiger partial charge is 0.493 e. The summed E-state index contributed by atoms with van der Waals surface area (Å²) in [5.74, 6) is -0.223. The van der Waals surface area contributed by atoms with Crippen molar-refractivity contribution in [1.29, 1.82) is 0 Å². The number of ketones is 1. The van der Waals surface area contributed by atoms with Crippen LogP contribution in [0.5, 0.6) is 5.75 Å². The van der Waals surface area contributed by atoms with Crippen LogP contribution in [0.3, 0.4) is 0 Å². The zero-order valence-corrected chi connectivity index (χ0v) is 15.4. The lowest BCUT2D eigenvalue weighted by molar-refractivity contribution is 0.0954.